The lowest BCUT2D eigenvalue weighted by molar-refractivity contribution is 1.12. The molecule has 0 aromatic rings. The third-order valence-corrected chi connectivity index (χ3v) is 7.63. The summed E-state index contributed by atoms with van der Waals surface area (Å²) >= 11 is 23.0. The first kappa shape index (κ1) is 18.4. The zero-order chi connectivity index (χ0) is 12.2. The predicted octanol–water partition coefficient (Wildman–Crippen LogP) is 3.60. The Morgan fingerprint density at radius 1 is 0.750 bits per heavy atom. The third-order valence-electron chi connectivity index (χ3n) is 1.61. The van der Waals surface area contributed by atoms with Gasteiger partial charge in [0.25, 0.3) is 0 Å². The molecule has 0 rings (SSSR count). The SMILES string of the molecule is SCCSCCSCCSCC(S)C(S)S. The highest BCUT2D eigenvalue weighted by Gasteiger charge is 2.08. The van der Waals surface area contributed by atoms with Crippen molar-refractivity contribution in [3.63, 3.8) is 0 Å². The van der Waals surface area contributed by atoms with Gasteiger partial charge in [0.05, 0.1) is 4.58 Å². The van der Waals surface area contributed by atoms with E-state index in [0.717, 1.165) is 11.5 Å². The lowest BCUT2D eigenvalue weighted by Gasteiger charge is -2.12. The highest BCUT2D eigenvalue weighted by atomic mass is 32.2. The molecule has 0 saturated heterocycles. The first-order valence-electron chi connectivity index (χ1n) is 5.06. The van der Waals surface area contributed by atoms with E-state index in [9.17, 15) is 0 Å². The van der Waals surface area contributed by atoms with Gasteiger partial charge < -0.3 is 0 Å². The van der Waals surface area contributed by atoms with Gasteiger partial charge in [-0.3, -0.25) is 0 Å². The van der Waals surface area contributed by atoms with Crippen molar-refractivity contribution in [3.05, 3.63) is 0 Å². The first-order valence-corrected chi connectivity index (χ1v) is 10.7. The molecule has 0 amide bonds. The third kappa shape index (κ3) is 12.9. The zero-order valence-corrected chi connectivity index (χ0v) is 15.1. The molecule has 0 aliphatic rings. The molecule has 0 aliphatic heterocycles. The van der Waals surface area contributed by atoms with Crippen LogP contribution in [0.1, 0.15) is 0 Å². The summed E-state index contributed by atoms with van der Waals surface area (Å²) in [5.41, 5.74) is 0. The van der Waals surface area contributed by atoms with Crippen LogP contribution in [0.3, 0.4) is 0 Å². The normalized spacial score (nSPS) is 13.3. The van der Waals surface area contributed by atoms with E-state index >= 15 is 0 Å². The second-order valence-corrected chi connectivity index (χ2v) is 9.23. The molecule has 7 heteroatoms. The predicted molar refractivity (Wildman–Crippen MR) is 100 cm³/mol. The van der Waals surface area contributed by atoms with Crippen molar-refractivity contribution in [1.29, 1.82) is 0 Å². The molecule has 0 N–H and O–H groups in total. The molecule has 0 bridgehead atoms. The molecule has 1 atom stereocenters. The minimum Gasteiger partial charge on any atom is -0.179 e. The van der Waals surface area contributed by atoms with Crippen molar-refractivity contribution in [2.45, 2.75) is 9.83 Å². The smallest absolute Gasteiger partial charge is 0.0566 e. The Hall–Kier alpha value is 2.45. The van der Waals surface area contributed by atoms with Crippen molar-refractivity contribution in [1.82, 2.24) is 0 Å². The van der Waals surface area contributed by atoms with Gasteiger partial charge in [0.15, 0.2) is 0 Å². The molecule has 0 spiro atoms. The van der Waals surface area contributed by atoms with Crippen molar-refractivity contribution < 1.29 is 0 Å². The van der Waals surface area contributed by atoms with E-state index in [1.807, 2.05) is 35.3 Å². The van der Waals surface area contributed by atoms with Gasteiger partial charge >= 0.3 is 0 Å². The molecule has 0 aromatic heterocycles. The van der Waals surface area contributed by atoms with Gasteiger partial charge in [-0.25, -0.2) is 0 Å². The summed E-state index contributed by atoms with van der Waals surface area (Å²) in [6.45, 7) is 0. The van der Waals surface area contributed by atoms with Gasteiger partial charge in [-0.05, 0) is 5.75 Å². The molecule has 0 saturated carbocycles. The fraction of sp³-hybridized carbons (Fsp3) is 1.00. The van der Waals surface area contributed by atoms with Crippen LogP contribution < -0.4 is 0 Å². The summed E-state index contributed by atoms with van der Waals surface area (Å²) in [7, 11) is 0. The average Bonchev–Trinajstić information content (AvgIpc) is 2.26. The fourth-order valence-corrected chi connectivity index (χ4v) is 5.02. The summed E-state index contributed by atoms with van der Waals surface area (Å²) in [5, 5.41) is 0.285. The van der Waals surface area contributed by atoms with Gasteiger partial charge in [-0.15, -0.1) is 0 Å². The second kappa shape index (κ2) is 13.9. The maximum Gasteiger partial charge on any atom is 0.0566 e. The van der Waals surface area contributed by atoms with E-state index in [-0.39, 0.29) is 9.83 Å². The highest BCUT2D eigenvalue weighted by molar-refractivity contribution is 8.05. The summed E-state index contributed by atoms with van der Waals surface area (Å²) in [5.74, 6) is 8.14. The van der Waals surface area contributed by atoms with Crippen LogP contribution in [-0.4, -0.2) is 50.1 Å². The lowest BCUT2D eigenvalue weighted by atomic mass is 10.5. The van der Waals surface area contributed by atoms with E-state index in [1.165, 1.54) is 28.8 Å². The first-order chi connectivity index (χ1) is 7.68. The maximum absolute atomic E-state index is 4.42. The standard InChI is InChI=1S/C9H20S7/c10-1-2-14-3-4-15-5-6-16-7-8(11)9(12)13/h8-13H,1-7H2. The molecule has 16 heavy (non-hydrogen) atoms. The van der Waals surface area contributed by atoms with Crippen molar-refractivity contribution in [2.75, 3.05) is 40.3 Å². The molecule has 0 fully saturated rings. The van der Waals surface area contributed by atoms with Crippen LogP contribution in [0, 0.1) is 0 Å². The number of rotatable bonds is 11. The van der Waals surface area contributed by atoms with Gasteiger partial charge in [-0.1, -0.05) is 0 Å². The number of hydrogen-bond donors (Lipinski definition) is 4. The Morgan fingerprint density at radius 3 is 1.75 bits per heavy atom. The molecule has 98 valence electrons. The van der Waals surface area contributed by atoms with Crippen LogP contribution in [-0.2, 0) is 0 Å². The largest absolute Gasteiger partial charge is 0.179 e. The number of thiol groups is 4. The van der Waals surface area contributed by atoms with E-state index in [2.05, 4.69) is 50.5 Å². The topological polar surface area (TPSA) is 0 Å². The minimum absolute atomic E-state index is 0.0844. The van der Waals surface area contributed by atoms with Gasteiger partial charge in [-0.2, -0.15) is 85.8 Å². The van der Waals surface area contributed by atoms with Crippen LogP contribution in [0.4, 0.5) is 0 Å². The summed E-state index contributed by atoms with van der Waals surface area (Å²) < 4.78 is 0.0844. The second-order valence-electron chi connectivity index (χ2n) is 3.00. The van der Waals surface area contributed by atoms with Crippen LogP contribution in [0.25, 0.3) is 0 Å². The summed E-state index contributed by atoms with van der Waals surface area (Å²) in [6.07, 6.45) is 0. The van der Waals surface area contributed by atoms with Crippen LogP contribution in [0.2, 0.25) is 0 Å². The van der Waals surface area contributed by atoms with E-state index in [4.69, 9.17) is 0 Å². The van der Waals surface area contributed by atoms with Crippen molar-refractivity contribution in [3.8, 4) is 0 Å². The van der Waals surface area contributed by atoms with Crippen molar-refractivity contribution in [2.24, 2.45) is 0 Å². The summed E-state index contributed by atoms with van der Waals surface area (Å²) in [6, 6.07) is 0. The van der Waals surface area contributed by atoms with Crippen LogP contribution >= 0.6 is 85.8 Å². The average molecular weight is 353 g/mol. The fourth-order valence-electron chi connectivity index (χ4n) is 0.795. The van der Waals surface area contributed by atoms with Gasteiger partial charge in [0, 0.05) is 39.8 Å². The van der Waals surface area contributed by atoms with E-state index < -0.39 is 0 Å². The molecule has 0 heterocycles. The van der Waals surface area contributed by atoms with E-state index in [0.29, 0.717) is 0 Å². The summed E-state index contributed by atoms with van der Waals surface area (Å²) in [4.78, 5) is 0. The molecular formula is C9H20S7. The lowest BCUT2D eigenvalue weighted by Crippen LogP contribution is -2.12. The molecule has 1 unspecified atom stereocenters. The van der Waals surface area contributed by atoms with Gasteiger partial charge in [0.1, 0.15) is 0 Å². The molecule has 0 radical (unpaired) electrons. The Balaban J connectivity index is 3.04. The minimum atomic E-state index is 0.0844. The molecule has 0 nitrogen and oxygen atoms in total. The van der Waals surface area contributed by atoms with E-state index in [1.54, 1.807) is 0 Å². The zero-order valence-electron chi connectivity index (χ0n) is 9.12. The van der Waals surface area contributed by atoms with Crippen molar-refractivity contribution >= 4 is 85.8 Å². The molecular weight excluding hydrogens is 333 g/mol. The number of thioether (sulfide) groups is 3. The number of hydrogen-bond acceptors (Lipinski definition) is 7. The molecule has 0 aromatic carbocycles. The Morgan fingerprint density at radius 2 is 1.25 bits per heavy atom. The van der Waals surface area contributed by atoms with Gasteiger partial charge in [0.2, 0.25) is 0 Å². The Bertz CT molecular complexity index is 142. The molecule has 0 aliphatic carbocycles. The Kier molecular flexibility index (Phi) is 16.0. The maximum atomic E-state index is 4.42. The highest BCUT2D eigenvalue weighted by Crippen LogP contribution is 2.18. The quantitative estimate of drug-likeness (QED) is 0.255. The monoisotopic (exact) mass is 352 g/mol. The van der Waals surface area contributed by atoms with Crippen LogP contribution in [0.15, 0.2) is 0 Å². The Labute approximate surface area is 135 Å². The van der Waals surface area contributed by atoms with Crippen LogP contribution in [0.5, 0.6) is 0 Å².